The summed E-state index contributed by atoms with van der Waals surface area (Å²) in [5.74, 6) is 0. The lowest BCUT2D eigenvalue weighted by Crippen LogP contribution is -2.18. The third-order valence-electron chi connectivity index (χ3n) is 10.7. The quantitative estimate of drug-likeness (QED) is 0.243. The number of benzene rings is 4. The van der Waals surface area contributed by atoms with Crippen molar-refractivity contribution in [2.45, 2.75) is 82.1 Å². The second-order valence-electron chi connectivity index (χ2n) is 13.3. The first-order valence-electron chi connectivity index (χ1n) is 15.2. The first kappa shape index (κ1) is 27.5. The first-order valence-corrected chi connectivity index (χ1v) is 15.2. The zero-order chi connectivity index (χ0) is 29.4. The van der Waals surface area contributed by atoms with Gasteiger partial charge in [0, 0.05) is 5.41 Å². The third-order valence-corrected chi connectivity index (χ3v) is 10.7. The van der Waals surface area contributed by atoms with Crippen LogP contribution in [0, 0.1) is 60.8 Å². The van der Waals surface area contributed by atoms with Crippen molar-refractivity contribution in [3.8, 4) is 22.3 Å². The Morgan fingerprint density at radius 2 is 0.829 bits per heavy atom. The van der Waals surface area contributed by atoms with E-state index < -0.39 is 0 Å². The fourth-order valence-corrected chi connectivity index (χ4v) is 7.42. The second-order valence-corrected chi connectivity index (χ2v) is 13.3. The van der Waals surface area contributed by atoms with Crippen molar-refractivity contribution >= 4 is 12.2 Å². The molecule has 208 valence electrons. The van der Waals surface area contributed by atoms with Crippen LogP contribution < -0.4 is 0 Å². The topological polar surface area (TPSA) is 0 Å². The van der Waals surface area contributed by atoms with Gasteiger partial charge in [0.25, 0.3) is 0 Å². The highest BCUT2D eigenvalue weighted by Gasteiger charge is 2.35. The lowest BCUT2D eigenvalue weighted by Gasteiger charge is -2.28. The summed E-state index contributed by atoms with van der Waals surface area (Å²) in [6.45, 7) is 23.0. The van der Waals surface area contributed by atoms with E-state index >= 15 is 0 Å². The van der Waals surface area contributed by atoms with E-state index in [9.17, 15) is 0 Å². The van der Waals surface area contributed by atoms with Crippen LogP contribution in [0.5, 0.6) is 0 Å². The molecule has 2 aliphatic carbocycles. The minimum absolute atomic E-state index is 0.0220. The molecule has 0 bridgehead atoms. The van der Waals surface area contributed by atoms with Gasteiger partial charge in [-0.05, 0) is 157 Å². The number of allylic oxidation sites excluding steroid dienone is 2. The van der Waals surface area contributed by atoms with Gasteiger partial charge in [-0.25, -0.2) is 0 Å². The molecule has 0 aromatic heterocycles. The van der Waals surface area contributed by atoms with Gasteiger partial charge < -0.3 is 0 Å². The summed E-state index contributed by atoms with van der Waals surface area (Å²) in [6, 6.07) is 18.6. The van der Waals surface area contributed by atoms with Crippen LogP contribution in [0.4, 0.5) is 0 Å². The summed E-state index contributed by atoms with van der Waals surface area (Å²) in [6.07, 6.45) is 7.11. The molecule has 2 aliphatic rings. The molecule has 0 unspecified atom stereocenters. The maximum Gasteiger partial charge on any atom is 0.00773 e. The van der Waals surface area contributed by atoms with Crippen LogP contribution in [0.25, 0.3) is 34.4 Å². The van der Waals surface area contributed by atoms with Gasteiger partial charge >= 0.3 is 0 Å². The van der Waals surface area contributed by atoms with E-state index in [4.69, 9.17) is 0 Å². The van der Waals surface area contributed by atoms with Crippen molar-refractivity contribution in [3.05, 3.63) is 126 Å². The summed E-state index contributed by atoms with van der Waals surface area (Å²) >= 11 is 0. The van der Waals surface area contributed by atoms with Gasteiger partial charge in [0.05, 0.1) is 0 Å². The number of hydrogen-bond donors (Lipinski definition) is 0. The van der Waals surface area contributed by atoms with E-state index in [1.165, 1.54) is 100 Å². The highest BCUT2D eigenvalue weighted by molar-refractivity contribution is 5.87. The molecule has 0 amide bonds. The predicted octanol–water partition coefficient (Wildman–Crippen LogP) is 11.1. The smallest absolute Gasteiger partial charge is 0.00773 e. The average Bonchev–Trinajstić information content (AvgIpc) is 3.58. The summed E-state index contributed by atoms with van der Waals surface area (Å²) in [5, 5.41) is 0. The van der Waals surface area contributed by atoms with E-state index in [0.717, 1.165) is 12.8 Å². The normalized spacial score (nSPS) is 14.2. The average molecular weight is 537 g/mol. The standard InChI is InChI=1S/C41H44/c1-23-17-24(2)28(6)39(27(23)5)35-15-11-13-31-19-33(21-37(31)35)41(9,10)34-20-32-14-12-16-36(38(32)22-34)40-29(7)25(3)18-26(4)30(40)8/h11-18,21-22H,19-20H2,1-10H3. The maximum absolute atomic E-state index is 2.53. The van der Waals surface area contributed by atoms with Crippen molar-refractivity contribution in [3.63, 3.8) is 0 Å². The summed E-state index contributed by atoms with van der Waals surface area (Å²) in [4.78, 5) is 0. The van der Waals surface area contributed by atoms with Gasteiger partial charge in [-0.2, -0.15) is 0 Å². The molecule has 41 heavy (non-hydrogen) atoms. The van der Waals surface area contributed by atoms with Crippen molar-refractivity contribution in [1.29, 1.82) is 0 Å². The van der Waals surface area contributed by atoms with Crippen molar-refractivity contribution in [1.82, 2.24) is 0 Å². The number of rotatable bonds is 4. The molecule has 0 nitrogen and oxygen atoms in total. The highest BCUT2D eigenvalue weighted by Crippen LogP contribution is 2.49. The molecule has 0 fully saturated rings. The highest BCUT2D eigenvalue weighted by atomic mass is 14.4. The Hall–Kier alpha value is -3.64. The molecule has 0 saturated carbocycles. The second kappa shape index (κ2) is 9.73. The maximum atomic E-state index is 2.53. The van der Waals surface area contributed by atoms with E-state index in [1.807, 2.05) is 0 Å². The van der Waals surface area contributed by atoms with Crippen LogP contribution in [0.3, 0.4) is 0 Å². The van der Waals surface area contributed by atoms with Crippen molar-refractivity contribution in [2.24, 2.45) is 5.41 Å². The number of fused-ring (bicyclic) bond motifs is 2. The lowest BCUT2D eigenvalue weighted by atomic mass is 9.75. The molecule has 0 spiro atoms. The van der Waals surface area contributed by atoms with Gasteiger partial charge in [-0.1, -0.05) is 85.7 Å². The Balaban J connectivity index is 1.44. The zero-order valence-electron chi connectivity index (χ0n) is 26.7. The van der Waals surface area contributed by atoms with Crippen LogP contribution in [0.15, 0.2) is 59.7 Å². The number of hydrogen-bond acceptors (Lipinski definition) is 0. The Morgan fingerprint density at radius 1 is 0.488 bits per heavy atom. The zero-order valence-corrected chi connectivity index (χ0v) is 26.7. The van der Waals surface area contributed by atoms with Crippen LogP contribution in [-0.2, 0) is 12.8 Å². The van der Waals surface area contributed by atoms with Crippen LogP contribution in [-0.4, -0.2) is 0 Å². The molecule has 6 rings (SSSR count). The van der Waals surface area contributed by atoms with Crippen LogP contribution >= 0.6 is 0 Å². The van der Waals surface area contributed by atoms with E-state index in [1.54, 1.807) is 0 Å². The molecular weight excluding hydrogens is 492 g/mol. The molecule has 0 heterocycles. The fourth-order valence-electron chi connectivity index (χ4n) is 7.42. The van der Waals surface area contributed by atoms with Crippen molar-refractivity contribution in [2.75, 3.05) is 0 Å². The van der Waals surface area contributed by atoms with Gasteiger partial charge in [-0.15, -0.1) is 0 Å². The Labute approximate surface area is 247 Å². The molecule has 0 heteroatoms. The Morgan fingerprint density at radius 3 is 1.17 bits per heavy atom. The predicted molar refractivity (Wildman–Crippen MR) is 179 cm³/mol. The number of aryl methyl sites for hydroxylation is 4. The van der Waals surface area contributed by atoms with Gasteiger partial charge in [0.2, 0.25) is 0 Å². The Bertz CT molecular complexity index is 1630. The summed E-state index contributed by atoms with van der Waals surface area (Å²) in [7, 11) is 0. The molecular formula is C41H44. The van der Waals surface area contributed by atoms with Gasteiger partial charge in [0.15, 0.2) is 0 Å². The monoisotopic (exact) mass is 536 g/mol. The van der Waals surface area contributed by atoms with E-state index in [0.29, 0.717) is 0 Å². The molecule has 0 aliphatic heterocycles. The molecule has 4 aromatic carbocycles. The van der Waals surface area contributed by atoms with Crippen LogP contribution in [0.2, 0.25) is 0 Å². The third kappa shape index (κ3) is 4.26. The largest absolute Gasteiger partial charge is 0.0613 e. The SMILES string of the molecule is Cc1cc(C)c(C)c(-c2cccc3c2C=C(C(C)(C)C2=Cc4c(cccc4-c4c(C)c(C)cc(C)c4C)C2)C3)c1C. The molecule has 0 radical (unpaired) electrons. The Kier molecular flexibility index (Phi) is 6.53. The van der Waals surface area contributed by atoms with Gasteiger partial charge in [-0.3, -0.25) is 0 Å². The summed E-state index contributed by atoms with van der Waals surface area (Å²) < 4.78 is 0. The van der Waals surface area contributed by atoms with Crippen molar-refractivity contribution < 1.29 is 0 Å². The van der Waals surface area contributed by atoms with Crippen LogP contribution in [0.1, 0.15) is 80.6 Å². The minimum Gasteiger partial charge on any atom is -0.0613 e. The first-order chi connectivity index (χ1) is 19.4. The minimum atomic E-state index is -0.0220. The molecule has 0 atom stereocenters. The fraction of sp³-hybridized carbons (Fsp3) is 0.317. The lowest BCUT2D eigenvalue weighted by molar-refractivity contribution is 0.526. The molecule has 0 saturated heterocycles. The van der Waals surface area contributed by atoms with E-state index in [2.05, 4.69) is 130 Å². The van der Waals surface area contributed by atoms with Gasteiger partial charge in [0.1, 0.15) is 0 Å². The molecule has 4 aromatic rings. The molecule has 0 N–H and O–H groups in total. The van der Waals surface area contributed by atoms with E-state index in [-0.39, 0.29) is 5.41 Å². The summed E-state index contributed by atoms with van der Waals surface area (Å²) in [5.41, 5.74) is 25.5.